The highest BCUT2D eigenvalue weighted by Gasteiger charge is 2.15. The monoisotopic (exact) mass is 337 g/mol. The summed E-state index contributed by atoms with van der Waals surface area (Å²) in [5.74, 6) is -0.0633. The van der Waals surface area contributed by atoms with Crippen LogP contribution in [0, 0.1) is 13.8 Å². The topological polar surface area (TPSA) is 76.4 Å². The lowest BCUT2D eigenvalue weighted by atomic mass is 10.1. The smallest absolute Gasteiger partial charge is 0.259 e. The maximum absolute atomic E-state index is 12.6. The second kappa shape index (κ2) is 6.68. The molecule has 2 N–H and O–H groups in total. The van der Waals surface area contributed by atoms with Gasteiger partial charge in [0, 0.05) is 11.8 Å². The van der Waals surface area contributed by atoms with E-state index in [-0.39, 0.29) is 11.3 Å². The molecular weight excluding hydrogens is 318 g/mol. The third kappa shape index (κ3) is 3.33. The van der Waals surface area contributed by atoms with Crippen molar-refractivity contribution in [1.82, 2.24) is 9.78 Å². The van der Waals surface area contributed by atoms with E-state index in [9.17, 15) is 9.90 Å². The van der Waals surface area contributed by atoms with Gasteiger partial charge in [-0.15, -0.1) is 0 Å². The van der Waals surface area contributed by atoms with Gasteiger partial charge in [-0.25, -0.2) is 4.68 Å². The number of anilines is 1. The number of nitrogens with one attached hydrogen (secondary N) is 1. The van der Waals surface area contributed by atoms with Gasteiger partial charge in [0.2, 0.25) is 0 Å². The average Bonchev–Trinajstić information content (AvgIpc) is 2.93. The molecule has 0 aliphatic carbocycles. The number of ether oxygens (including phenoxy) is 1. The zero-order chi connectivity index (χ0) is 18.0. The summed E-state index contributed by atoms with van der Waals surface area (Å²) < 4.78 is 6.81. The van der Waals surface area contributed by atoms with Gasteiger partial charge in [-0.2, -0.15) is 5.10 Å². The molecule has 6 heteroatoms. The van der Waals surface area contributed by atoms with Gasteiger partial charge in [0.25, 0.3) is 5.91 Å². The van der Waals surface area contributed by atoms with Crippen LogP contribution in [0.25, 0.3) is 5.69 Å². The Labute approximate surface area is 145 Å². The molecule has 128 valence electrons. The Morgan fingerprint density at radius 1 is 1.16 bits per heavy atom. The summed E-state index contributed by atoms with van der Waals surface area (Å²) in [6.07, 6.45) is 0. The Morgan fingerprint density at radius 3 is 2.56 bits per heavy atom. The Balaban J connectivity index is 1.94. The molecule has 0 aliphatic rings. The Kier molecular flexibility index (Phi) is 4.43. The molecule has 3 rings (SSSR count). The number of para-hydroxylation sites is 2. The number of carbonyl (C=O) groups is 1. The van der Waals surface area contributed by atoms with Crippen LogP contribution in [0.1, 0.15) is 21.7 Å². The molecule has 0 bridgehead atoms. The van der Waals surface area contributed by atoms with Gasteiger partial charge in [-0.05, 0) is 44.2 Å². The fourth-order valence-corrected chi connectivity index (χ4v) is 2.66. The standard InChI is InChI=1S/C19H19N3O3/c1-12-10-13(2)22(21-12)17-7-5-4-6-16(17)20-19(24)15-9-8-14(25-3)11-18(15)23/h4-11,23H,1-3H3,(H,20,24). The van der Waals surface area contributed by atoms with Crippen LogP contribution in [0.4, 0.5) is 5.69 Å². The molecule has 1 heterocycles. The summed E-state index contributed by atoms with van der Waals surface area (Å²) in [5.41, 5.74) is 3.39. The van der Waals surface area contributed by atoms with E-state index in [1.54, 1.807) is 16.8 Å². The maximum Gasteiger partial charge on any atom is 0.259 e. The minimum absolute atomic E-state index is 0.138. The van der Waals surface area contributed by atoms with Crippen molar-refractivity contribution >= 4 is 11.6 Å². The van der Waals surface area contributed by atoms with E-state index < -0.39 is 5.91 Å². The number of hydrogen-bond acceptors (Lipinski definition) is 4. The second-order valence-electron chi connectivity index (χ2n) is 5.69. The zero-order valence-electron chi connectivity index (χ0n) is 14.3. The average molecular weight is 337 g/mol. The molecule has 25 heavy (non-hydrogen) atoms. The summed E-state index contributed by atoms with van der Waals surface area (Å²) in [5, 5.41) is 17.3. The molecule has 1 amide bonds. The van der Waals surface area contributed by atoms with E-state index in [0.29, 0.717) is 11.4 Å². The largest absolute Gasteiger partial charge is 0.507 e. The molecule has 0 spiro atoms. The molecule has 6 nitrogen and oxygen atoms in total. The highest BCUT2D eigenvalue weighted by molar-refractivity contribution is 6.07. The summed E-state index contributed by atoms with van der Waals surface area (Å²) in [6, 6.07) is 13.9. The molecule has 3 aromatic rings. The fourth-order valence-electron chi connectivity index (χ4n) is 2.66. The van der Waals surface area contributed by atoms with Gasteiger partial charge in [0.1, 0.15) is 11.5 Å². The molecule has 0 aliphatic heterocycles. The van der Waals surface area contributed by atoms with E-state index in [4.69, 9.17) is 4.74 Å². The van der Waals surface area contributed by atoms with Crippen LogP contribution in [0.5, 0.6) is 11.5 Å². The van der Waals surface area contributed by atoms with Crippen molar-refractivity contribution in [2.24, 2.45) is 0 Å². The summed E-state index contributed by atoms with van der Waals surface area (Å²) >= 11 is 0. The number of benzene rings is 2. The van der Waals surface area contributed by atoms with Gasteiger partial charge in [0.05, 0.1) is 29.7 Å². The van der Waals surface area contributed by atoms with Gasteiger partial charge in [0.15, 0.2) is 0 Å². The number of aromatic hydroxyl groups is 1. The Morgan fingerprint density at radius 2 is 1.92 bits per heavy atom. The zero-order valence-corrected chi connectivity index (χ0v) is 14.3. The second-order valence-corrected chi connectivity index (χ2v) is 5.69. The number of hydrogen-bond donors (Lipinski definition) is 2. The van der Waals surface area contributed by atoms with Crippen molar-refractivity contribution in [2.45, 2.75) is 13.8 Å². The van der Waals surface area contributed by atoms with Crippen LogP contribution in [0.3, 0.4) is 0 Å². The normalized spacial score (nSPS) is 10.5. The first-order valence-corrected chi connectivity index (χ1v) is 7.80. The van der Waals surface area contributed by atoms with Crippen LogP contribution >= 0.6 is 0 Å². The van der Waals surface area contributed by atoms with E-state index in [2.05, 4.69) is 10.4 Å². The van der Waals surface area contributed by atoms with Crippen molar-refractivity contribution in [3.8, 4) is 17.2 Å². The predicted octanol–water partition coefficient (Wildman–Crippen LogP) is 3.46. The van der Waals surface area contributed by atoms with Crippen LogP contribution in [-0.2, 0) is 0 Å². The third-order valence-electron chi connectivity index (χ3n) is 3.84. The van der Waals surface area contributed by atoms with Crippen LogP contribution < -0.4 is 10.1 Å². The summed E-state index contributed by atoms with van der Waals surface area (Å²) in [6.45, 7) is 3.87. The van der Waals surface area contributed by atoms with Gasteiger partial charge >= 0.3 is 0 Å². The number of methoxy groups -OCH3 is 1. The van der Waals surface area contributed by atoms with Crippen LogP contribution in [0.2, 0.25) is 0 Å². The first-order valence-electron chi connectivity index (χ1n) is 7.80. The minimum Gasteiger partial charge on any atom is -0.507 e. The lowest BCUT2D eigenvalue weighted by Gasteiger charge is -2.13. The highest BCUT2D eigenvalue weighted by Crippen LogP contribution is 2.26. The summed E-state index contributed by atoms with van der Waals surface area (Å²) in [7, 11) is 1.50. The molecule has 0 atom stereocenters. The lowest BCUT2D eigenvalue weighted by Crippen LogP contribution is -2.14. The minimum atomic E-state index is -0.408. The first kappa shape index (κ1) is 16.6. The molecule has 0 radical (unpaired) electrons. The van der Waals surface area contributed by atoms with E-state index in [0.717, 1.165) is 17.1 Å². The van der Waals surface area contributed by atoms with Crippen molar-refractivity contribution < 1.29 is 14.6 Å². The van der Waals surface area contributed by atoms with Crippen molar-refractivity contribution in [3.63, 3.8) is 0 Å². The number of nitrogens with zero attached hydrogens (tertiary/aromatic N) is 2. The third-order valence-corrected chi connectivity index (χ3v) is 3.84. The molecule has 0 saturated heterocycles. The number of phenolic OH excluding ortho intramolecular Hbond substituents is 1. The highest BCUT2D eigenvalue weighted by atomic mass is 16.5. The molecule has 0 saturated carbocycles. The number of aryl methyl sites for hydroxylation is 2. The van der Waals surface area contributed by atoms with Crippen molar-refractivity contribution in [3.05, 3.63) is 65.5 Å². The maximum atomic E-state index is 12.6. The number of carbonyl (C=O) groups excluding carboxylic acids is 1. The van der Waals surface area contributed by atoms with E-state index in [1.807, 2.05) is 38.1 Å². The first-order chi connectivity index (χ1) is 12.0. The van der Waals surface area contributed by atoms with Crippen molar-refractivity contribution in [1.29, 1.82) is 0 Å². The number of aromatic nitrogens is 2. The number of phenols is 1. The molecule has 1 aromatic heterocycles. The fraction of sp³-hybridized carbons (Fsp3) is 0.158. The van der Waals surface area contributed by atoms with Crippen LogP contribution in [-0.4, -0.2) is 27.9 Å². The Bertz CT molecular complexity index is 931. The number of rotatable bonds is 4. The van der Waals surface area contributed by atoms with Gasteiger partial charge < -0.3 is 15.2 Å². The quantitative estimate of drug-likeness (QED) is 0.764. The number of amides is 1. The molecule has 0 unspecified atom stereocenters. The summed E-state index contributed by atoms with van der Waals surface area (Å²) in [4.78, 5) is 12.6. The van der Waals surface area contributed by atoms with Gasteiger partial charge in [-0.1, -0.05) is 12.1 Å². The van der Waals surface area contributed by atoms with Crippen LogP contribution in [0.15, 0.2) is 48.5 Å². The van der Waals surface area contributed by atoms with E-state index in [1.165, 1.54) is 19.2 Å². The Hall–Kier alpha value is -3.28. The molecule has 0 fully saturated rings. The van der Waals surface area contributed by atoms with Gasteiger partial charge in [-0.3, -0.25) is 4.79 Å². The molecular formula is C19H19N3O3. The molecule has 2 aromatic carbocycles. The van der Waals surface area contributed by atoms with Crippen molar-refractivity contribution in [2.75, 3.05) is 12.4 Å². The lowest BCUT2D eigenvalue weighted by molar-refractivity contribution is 0.102. The predicted molar refractivity (Wildman–Crippen MR) is 95.7 cm³/mol. The SMILES string of the molecule is COc1ccc(C(=O)Nc2ccccc2-n2nc(C)cc2C)c(O)c1. The van der Waals surface area contributed by atoms with E-state index >= 15 is 0 Å².